The molecule has 3 heterocycles. The van der Waals surface area contributed by atoms with Gasteiger partial charge in [0, 0.05) is 30.9 Å². The van der Waals surface area contributed by atoms with Gasteiger partial charge in [-0.05, 0) is 89.2 Å². The molecule has 2 aromatic heterocycles. The number of hydrogen-bond donors (Lipinski definition) is 1. The molecule has 0 bridgehead atoms. The molecule has 0 spiro atoms. The number of aromatic nitrogens is 2. The fraction of sp³-hybridized carbons (Fsp3) is 0.577. The fourth-order valence-electron chi connectivity index (χ4n) is 3.97. The summed E-state index contributed by atoms with van der Waals surface area (Å²) in [5.74, 6) is 2.29. The maximum Gasteiger partial charge on any atom is 0.140 e. The van der Waals surface area contributed by atoms with E-state index in [0.717, 1.165) is 75.5 Å². The molecule has 0 unspecified atom stereocenters. The molecule has 3 rings (SSSR count). The normalized spacial score (nSPS) is 14.0. The lowest BCUT2D eigenvalue weighted by Crippen LogP contribution is -2.32. The maximum atomic E-state index is 11.6. The Balaban J connectivity index is 1.45. The van der Waals surface area contributed by atoms with E-state index < -0.39 is 0 Å². The highest BCUT2D eigenvalue weighted by Gasteiger charge is 2.13. The van der Waals surface area contributed by atoms with Crippen LogP contribution < -0.4 is 10.1 Å². The Hall–Kier alpha value is -2.47. The molecular formula is C26H38N4O2. The Morgan fingerprint density at radius 3 is 2.91 bits per heavy atom. The van der Waals surface area contributed by atoms with Crippen molar-refractivity contribution in [3.05, 3.63) is 47.4 Å². The van der Waals surface area contributed by atoms with Gasteiger partial charge in [0.15, 0.2) is 0 Å². The number of Topliss-reactive ketones (excluding diaryl/α,β-unsaturated/α-hetero) is 1. The number of pyridine rings is 2. The lowest BCUT2D eigenvalue weighted by Gasteiger charge is -2.24. The number of fused-ring (bicyclic) bond motifs is 1. The number of anilines is 1. The van der Waals surface area contributed by atoms with Crippen LogP contribution in [0.15, 0.2) is 30.5 Å². The van der Waals surface area contributed by atoms with Crippen molar-refractivity contribution in [1.29, 1.82) is 0 Å². The maximum absolute atomic E-state index is 11.6. The van der Waals surface area contributed by atoms with Gasteiger partial charge in [-0.25, -0.2) is 4.98 Å². The summed E-state index contributed by atoms with van der Waals surface area (Å²) in [6.07, 6.45) is 8.20. The topological polar surface area (TPSA) is 67.4 Å². The van der Waals surface area contributed by atoms with E-state index in [9.17, 15) is 4.79 Å². The number of nitrogens with one attached hydrogen (secondary N) is 1. The van der Waals surface area contributed by atoms with Crippen LogP contribution in [0.1, 0.15) is 56.5 Å². The fourth-order valence-corrected chi connectivity index (χ4v) is 3.97. The first-order valence-electron chi connectivity index (χ1n) is 12.0. The van der Waals surface area contributed by atoms with Gasteiger partial charge >= 0.3 is 0 Å². The first-order chi connectivity index (χ1) is 15.5. The van der Waals surface area contributed by atoms with E-state index in [4.69, 9.17) is 9.72 Å². The Labute approximate surface area is 192 Å². The number of unbranched alkanes of at least 4 members (excludes halogenated alkanes) is 1. The van der Waals surface area contributed by atoms with Crippen molar-refractivity contribution in [2.45, 2.75) is 59.3 Å². The molecule has 0 saturated carbocycles. The van der Waals surface area contributed by atoms with E-state index in [1.807, 2.05) is 26.0 Å². The number of ketones is 1. The molecule has 6 nitrogen and oxygen atoms in total. The van der Waals surface area contributed by atoms with Crippen LogP contribution in [0.5, 0.6) is 5.75 Å². The Kier molecular flexibility index (Phi) is 9.47. The summed E-state index contributed by atoms with van der Waals surface area (Å²) in [5.41, 5.74) is 3.43. The molecule has 1 N–H and O–H groups in total. The SMILES string of the molecule is CC(=O)[C@@H](C)CCN(CCCCc1ccc2c(n1)NCCC2)CCOc1cccnc1C. The predicted molar refractivity (Wildman–Crippen MR) is 129 cm³/mol. The predicted octanol–water partition coefficient (Wildman–Crippen LogP) is 4.46. The van der Waals surface area contributed by atoms with E-state index in [-0.39, 0.29) is 11.7 Å². The van der Waals surface area contributed by atoms with E-state index in [0.29, 0.717) is 6.61 Å². The standard InChI is InChI=1S/C26H38N4O2/c1-20(22(3)31)13-17-30(18-19-32-25-10-7-14-27-21(25)2)16-5-4-9-24-12-11-23-8-6-15-28-26(23)29-24/h7,10-12,14,20H,4-6,8-9,13,15-19H2,1-3H3,(H,28,29)/t20-/m0/s1. The summed E-state index contributed by atoms with van der Waals surface area (Å²) >= 11 is 0. The van der Waals surface area contributed by atoms with Crippen molar-refractivity contribution in [2.75, 3.05) is 38.1 Å². The van der Waals surface area contributed by atoms with Crippen molar-refractivity contribution < 1.29 is 9.53 Å². The van der Waals surface area contributed by atoms with Gasteiger partial charge in [-0.1, -0.05) is 13.0 Å². The number of ether oxygens (including phenoxy) is 1. The number of nitrogens with zero attached hydrogens (tertiary/aromatic N) is 3. The minimum atomic E-state index is 0.103. The van der Waals surface area contributed by atoms with Crippen LogP contribution in [0.4, 0.5) is 5.82 Å². The minimum Gasteiger partial charge on any atom is -0.490 e. The highest BCUT2D eigenvalue weighted by atomic mass is 16.5. The lowest BCUT2D eigenvalue weighted by atomic mass is 10.0. The summed E-state index contributed by atoms with van der Waals surface area (Å²) in [6, 6.07) is 8.28. The van der Waals surface area contributed by atoms with E-state index in [1.54, 1.807) is 13.1 Å². The molecule has 0 saturated heterocycles. The molecule has 0 radical (unpaired) electrons. The van der Waals surface area contributed by atoms with Gasteiger partial charge in [-0.3, -0.25) is 14.7 Å². The van der Waals surface area contributed by atoms with Crippen molar-refractivity contribution in [3.63, 3.8) is 0 Å². The van der Waals surface area contributed by atoms with Crippen LogP contribution in [-0.2, 0) is 17.6 Å². The second kappa shape index (κ2) is 12.5. The van der Waals surface area contributed by atoms with Crippen molar-refractivity contribution in [2.24, 2.45) is 5.92 Å². The Morgan fingerprint density at radius 2 is 2.09 bits per heavy atom. The molecule has 2 aromatic rings. The summed E-state index contributed by atoms with van der Waals surface area (Å²) in [5, 5.41) is 3.42. The minimum absolute atomic E-state index is 0.103. The summed E-state index contributed by atoms with van der Waals surface area (Å²) < 4.78 is 5.96. The summed E-state index contributed by atoms with van der Waals surface area (Å²) in [7, 11) is 0. The molecule has 1 aliphatic heterocycles. The summed E-state index contributed by atoms with van der Waals surface area (Å²) in [4.78, 5) is 23.2. The highest BCUT2D eigenvalue weighted by molar-refractivity contribution is 5.77. The third-order valence-corrected chi connectivity index (χ3v) is 6.30. The molecule has 0 amide bonds. The zero-order valence-corrected chi connectivity index (χ0v) is 19.9. The molecule has 174 valence electrons. The van der Waals surface area contributed by atoms with Crippen LogP contribution >= 0.6 is 0 Å². The molecule has 0 fully saturated rings. The molecule has 1 aliphatic rings. The molecule has 6 heteroatoms. The van der Waals surface area contributed by atoms with Crippen LogP contribution in [0.25, 0.3) is 0 Å². The van der Waals surface area contributed by atoms with Gasteiger partial charge in [0.2, 0.25) is 0 Å². The second-order valence-corrected chi connectivity index (χ2v) is 8.88. The number of carbonyl (C=O) groups excluding carboxylic acids is 1. The number of aryl methyl sites for hydroxylation is 3. The van der Waals surface area contributed by atoms with Gasteiger partial charge in [-0.15, -0.1) is 0 Å². The van der Waals surface area contributed by atoms with Crippen LogP contribution in [0.3, 0.4) is 0 Å². The third kappa shape index (κ3) is 7.59. The molecule has 32 heavy (non-hydrogen) atoms. The molecule has 1 atom stereocenters. The lowest BCUT2D eigenvalue weighted by molar-refractivity contribution is -0.120. The molecular weight excluding hydrogens is 400 g/mol. The Morgan fingerprint density at radius 1 is 1.22 bits per heavy atom. The third-order valence-electron chi connectivity index (χ3n) is 6.30. The monoisotopic (exact) mass is 438 g/mol. The quantitative estimate of drug-likeness (QED) is 0.466. The van der Waals surface area contributed by atoms with Gasteiger partial charge in [0.05, 0.1) is 5.69 Å². The summed E-state index contributed by atoms with van der Waals surface area (Å²) in [6.45, 7) is 10.1. The largest absolute Gasteiger partial charge is 0.490 e. The average Bonchev–Trinajstić information content (AvgIpc) is 2.80. The van der Waals surface area contributed by atoms with Crippen LogP contribution in [0.2, 0.25) is 0 Å². The molecule has 0 aromatic carbocycles. The van der Waals surface area contributed by atoms with Gasteiger partial charge in [0.25, 0.3) is 0 Å². The van der Waals surface area contributed by atoms with E-state index in [1.165, 1.54) is 17.7 Å². The van der Waals surface area contributed by atoms with Crippen molar-refractivity contribution >= 4 is 11.6 Å². The first kappa shape index (κ1) is 24.2. The van der Waals surface area contributed by atoms with Crippen molar-refractivity contribution in [3.8, 4) is 5.75 Å². The average molecular weight is 439 g/mol. The molecule has 0 aliphatic carbocycles. The number of hydrogen-bond acceptors (Lipinski definition) is 6. The van der Waals surface area contributed by atoms with Crippen LogP contribution in [0, 0.1) is 12.8 Å². The zero-order valence-electron chi connectivity index (χ0n) is 19.9. The first-order valence-corrected chi connectivity index (χ1v) is 12.0. The van der Waals surface area contributed by atoms with Crippen LogP contribution in [-0.4, -0.2) is 53.4 Å². The second-order valence-electron chi connectivity index (χ2n) is 8.88. The zero-order chi connectivity index (χ0) is 22.8. The Bertz CT molecular complexity index is 871. The number of rotatable bonds is 13. The van der Waals surface area contributed by atoms with Gasteiger partial charge in [0.1, 0.15) is 24.0 Å². The van der Waals surface area contributed by atoms with Crippen molar-refractivity contribution in [1.82, 2.24) is 14.9 Å². The number of carbonyl (C=O) groups is 1. The highest BCUT2D eigenvalue weighted by Crippen LogP contribution is 2.20. The van der Waals surface area contributed by atoms with Gasteiger partial charge in [-0.2, -0.15) is 0 Å². The van der Waals surface area contributed by atoms with E-state index >= 15 is 0 Å². The smallest absolute Gasteiger partial charge is 0.140 e. The van der Waals surface area contributed by atoms with Gasteiger partial charge < -0.3 is 10.1 Å². The van der Waals surface area contributed by atoms with E-state index in [2.05, 4.69) is 27.3 Å².